The molecule has 0 radical (unpaired) electrons. The summed E-state index contributed by atoms with van der Waals surface area (Å²) in [5, 5.41) is 5.68. The second kappa shape index (κ2) is 10.3. The standard InChI is InChI=1S/C27H32N4O6/c1-3-36-22-16-21(30-11-13-35-14-12-30)23(37-4-2)15-20(22)28-24(32)17-31-25(33)27(29-26(31)34)10-9-18-7-5-6-8-19(18)27/h5-8,15-16H,3-4,9-14,17H2,1-2H3,(H,28,32)(H,29,34)/t27-/m1/s1. The summed E-state index contributed by atoms with van der Waals surface area (Å²) in [6.07, 6.45) is 1.17. The number of morpholine rings is 1. The number of aryl methyl sites for hydroxylation is 1. The molecule has 37 heavy (non-hydrogen) atoms. The van der Waals surface area contributed by atoms with Crippen LogP contribution in [0.5, 0.6) is 11.5 Å². The molecule has 196 valence electrons. The lowest BCUT2D eigenvalue weighted by Gasteiger charge is -2.31. The first-order valence-corrected chi connectivity index (χ1v) is 12.8. The number of hydrogen-bond donors (Lipinski definition) is 2. The Kier molecular flexibility index (Phi) is 6.92. The van der Waals surface area contributed by atoms with Crippen molar-refractivity contribution in [1.29, 1.82) is 0 Å². The Labute approximate surface area is 215 Å². The molecule has 10 heteroatoms. The predicted octanol–water partition coefficient (Wildman–Crippen LogP) is 2.65. The Morgan fingerprint density at radius 3 is 2.57 bits per heavy atom. The minimum absolute atomic E-state index is 0.397. The van der Waals surface area contributed by atoms with Crippen LogP contribution in [0.2, 0.25) is 0 Å². The van der Waals surface area contributed by atoms with Crippen molar-refractivity contribution in [3.63, 3.8) is 0 Å². The van der Waals surface area contributed by atoms with Gasteiger partial charge in [0.2, 0.25) is 5.91 Å². The van der Waals surface area contributed by atoms with Crippen LogP contribution < -0.4 is 25.0 Å². The zero-order valence-electron chi connectivity index (χ0n) is 21.2. The highest BCUT2D eigenvalue weighted by molar-refractivity contribution is 6.11. The first kappa shape index (κ1) is 24.9. The number of nitrogens with zero attached hydrogens (tertiary/aromatic N) is 2. The number of hydrogen-bond acceptors (Lipinski definition) is 7. The first-order valence-electron chi connectivity index (χ1n) is 12.8. The number of amides is 4. The Morgan fingerprint density at radius 2 is 1.81 bits per heavy atom. The van der Waals surface area contributed by atoms with E-state index in [1.807, 2.05) is 44.2 Å². The van der Waals surface area contributed by atoms with Crippen LogP contribution in [0.3, 0.4) is 0 Å². The van der Waals surface area contributed by atoms with Gasteiger partial charge in [0.25, 0.3) is 5.91 Å². The van der Waals surface area contributed by atoms with Crippen molar-refractivity contribution in [1.82, 2.24) is 10.2 Å². The summed E-state index contributed by atoms with van der Waals surface area (Å²) in [6.45, 7) is 6.87. The molecule has 1 atom stereocenters. The highest BCUT2D eigenvalue weighted by Gasteiger charge is 2.55. The van der Waals surface area contributed by atoms with Crippen LogP contribution in [0, 0.1) is 0 Å². The molecule has 2 aliphatic heterocycles. The molecule has 0 saturated carbocycles. The van der Waals surface area contributed by atoms with Crippen molar-refractivity contribution < 1.29 is 28.6 Å². The van der Waals surface area contributed by atoms with Crippen LogP contribution in [-0.2, 0) is 26.3 Å². The summed E-state index contributed by atoms with van der Waals surface area (Å²) in [5.41, 5.74) is 2.01. The maximum absolute atomic E-state index is 13.4. The molecule has 0 unspecified atom stereocenters. The van der Waals surface area contributed by atoms with Gasteiger partial charge in [-0.2, -0.15) is 0 Å². The van der Waals surface area contributed by atoms with Crippen LogP contribution in [0.15, 0.2) is 36.4 Å². The molecule has 2 aromatic carbocycles. The van der Waals surface area contributed by atoms with E-state index in [1.54, 1.807) is 6.07 Å². The number of urea groups is 1. The van der Waals surface area contributed by atoms with E-state index in [-0.39, 0.29) is 0 Å². The number of anilines is 2. The third-order valence-corrected chi connectivity index (χ3v) is 7.01. The molecule has 1 aliphatic carbocycles. The number of imide groups is 1. The third kappa shape index (κ3) is 4.57. The Bertz CT molecular complexity index is 1210. The molecule has 2 saturated heterocycles. The lowest BCUT2D eigenvalue weighted by molar-refractivity contribution is -0.134. The van der Waals surface area contributed by atoms with Crippen molar-refractivity contribution in [3.8, 4) is 11.5 Å². The molecule has 0 bridgehead atoms. The van der Waals surface area contributed by atoms with Gasteiger partial charge in [-0.3, -0.25) is 14.5 Å². The molecule has 0 aromatic heterocycles. The summed E-state index contributed by atoms with van der Waals surface area (Å²) in [5.74, 6) is 0.188. The zero-order valence-corrected chi connectivity index (χ0v) is 21.2. The van der Waals surface area contributed by atoms with Gasteiger partial charge >= 0.3 is 6.03 Å². The SMILES string of the molecule is CCOc1cc(N2CCOCC2)c(OCC)cc1NC(=O)CN1C(=O)N[C@@]2(CCc3ccccc32)C1=O. The average molecular weight is 509 g/mol. The zero-order chi connectivity index (χ0) is 26.0. The summed E-state index contributed by atoms with van der Waals surface area (Å²) in [6, 6.07) is 10.6. The second-order valence-electron chi connectivity index (χ2n) is 9.21. The maximum Gasteiger partial charge on any atom is 0.325 e. The minimum Gasteiger partial charge on any atom is -0.492 e. The van der Waals surface area contributed by atoms with Crippen LogP contribution in [-0.4, -0.2) is 68.8 Å². The summed E-state index contributed by atoms with van der Waals surface area (Å²) in [4.78, 5) is 42.5. The highest BCUT2D eigenvalue weighted by Crippen LogP contribution is 2.42. The van der Waals surface area contributed by atoms with Crippen molar-refractivity contribution in [2.45, 2.75) is 32.2 Å². The van der Waals surface area contributed by atoms with Crippen LogP contribution >= 0.6 is 0 Å². The first-order chi connectivity index (χ1) is 18.0. The van der Waals surface area contributed by atoms with Gasteiger partial charge in [-0.05, 0) is 37.8 Å². The van der Waals surface area contributed by atoms with Gasteiger partial charge in [-0.1, -0.05) is 24.3 Å². The lowest BCUT2D eigenvalue weighted by Crippen LogP contribution is -2.43. The van der Waals surface area contributed by atoms with Gasteiger partial charge in [0, 0.05) is 25.2 Å². The molecular formula is C27H32N4O6. The van der Waals surface area contributed by atoms with Crippen LogP contribution in [0.1, 0.15) is 31.4 Å². The van der Waals surface area contributed by atoms with Crippen LogP contribution in [0.4, 0.5) is 16.2 Å². The fourth-order valence-corrected chi connectivity index (χ4v) is 5.31. The van der Waals surface area contributed by atoms with Gasteiger partial charge < -0.3 is 29.7 Å². The van der Waals surface area contributed by atoms with E-state index in [9.17, 15) is 14.4 Å². The molecule has 2 heterocycles. The summed E-state index contributed by atoms with van der Waals surface area (Å²) in [7, 11) is 0. The molecule has 3 aliphatic rings. The summed E-state index contributed by atoms with van der Waals surface area (Å²) >= 11 is 0. The monoisotopic (exact) mass is 508 g/mol. The second-order valence-corrected chi connectivity index (χ2v) is 9.21. The molecule has 1 spiro atoms. The van der Waals surface area contributed by atoms with Gasteiger partial charge in [-0.15, -0.1) is 0 Å². The maximum atomic E-state index is 13.4. The highest BCUT2D eigenvalue weighted by atomic mass is 16.5. The number of rotatable bonds is 8. The number of carbonyl (C=O) groups excluding carboxylic acids is 3. The Balaban J connectivity index is 1.36. The Hall–Kier alpha value is -3.79. The lowest BCUT2D eigenvalue weighted by atomic mass is 9.92. The third-order valence-electron chi connectivity index (χ3n) is 7.01. The quantitative estimate of drug-likeness (QED) is 0.528. The van der Waals surface area contributed by atoms with Gasteiger partial charge in [0.15, 0.2) is 0 Å². The molecule has 2 aromatic rings. The topological polar surface area (TPSA) is 109 Å². The number of benzene rings is 2. The fraction of sp³-hybridized carbons (Fsp3) is 0.444. The Morgan fingerprint density at radius 1 is 1.08 bits per heavy atom. The van der Waals surface area contributed by atoms with Gasteiger partial charge in [0.1, 0.15) is 23.6 Å². The molecular weight excluding hydrogens is 476 g/mol. The molecule has 2 fully saturated rings. The number of fused-ring (bicyclic) bond motifs is 2. The van der Waals surface area contributed by atoms with Gasteiger partial charge in [-0.25, -0.2) is 4.79 Å². The molecule has 2 N–H and O–H groups in total. The fourth-order valence-electron chi connectivity index (χ4n) is 5.31. The van der Waals surface area contributed by atoms with E-state index >= 15 is 0 Å². The van der Waals surface area contributed by atoms with E-state index in [0.717, 1.165) is 21.7 Å². The predicted molar refractivity (Wildman–Crippen MR) is 137 cm³/mol. The number of ether oxygens (including phenoxy) is 3. The van der Waals surface area contributed by atoms with Crippen molar-refractivity contribution in [3.05, 3.63) is 47.5 Å². The van der Waals surface area contributed by atoms with Crippen molar-refractivity contribution in [2.24, 2.45) is 0 Å². The molecule has 10 nitrogen and oxygen atoms in total. The van der Waals surface area contributed by atoms with Crippen LogP contribution in [0.25, 0.3) is 0 Å². The van der Waals surface area contributed by atoms with Gasteiger partial charge in [0.05, 0.1) is 37.8 Å². The number of carbonyl (C=O) groups is 3. The van der Waals surface area contributed by atoms with E-state index in [2.05, 4.69) is 15.5 Å². The minimum atomic E-state index is -1.10. The summed E-state index contributed by atoms with van der Waals surface area (Å²) < 4.78 is 17.2. The van der Waals surface area contributed by atoms with E-state index in [1.165, 1.54) is 0 Å². The molecule has 4 amide bonds. The average Bonchev–Trinajstić information content (AvgIpc) is 3.39. The normalized spacial score (nSPS) is 20.7. The largest absolute Gasteiger partial charge is 0.492 e. The van der Waals surface area contributed by atoms with Crippen molar-refractivity contribution >= 4 is 29.2 Å². The van der Waals surface area contributed by atoms with E-state index in [4.69, 9.17) is 14.2 Å². The van der Waals surface area contributed by atoms with E-state index in [0.29, 0.717) is 69.5 Å². The van der Waals surface area contributed by atoms with Crippen molar-refractivity contribution in [2.75, 3.05) is 56.3 Å². The number of nitrogens with one attached hydrogen (secondary N) is 2. The van der Waals surface area contributed by atoms with E-state index < -0.39 is 29.9 Å². The smallest absolute Gasteiger partial charge is 0.325 e. The molecule has 5 rings (SSSR count).